The van der Waals surface area contributed by atoms with Crippen molar-refractivity contribution in [2.75, 3.05) is 33.2 Å². The lowest BCUT2D eigenvalue weighted by Gasteiger charge is -2.16. The molecule has 0 aliphatic rings. The van der Waals surface area contributed by atoms with Gasteiger partial charge in [-0.3, -0.25) is 9.78 Å². The molecule has 0 aliphatic carbocycles. The van der Waals surface area contributed by atoms with E-state index in [0.29, 0.717) is 19.0 Å². The molecular weight excluding hydrogens is 278 g/mol. The summed E-state index contributed by atoms with van der Waals surface area (Å²) in [4.78, 5) is 22.3. The topological polar surface area (TPSA) is 69.6 Å². The number of hydrogen-bond acceptors (Lipinski definition) is 3. The van der Waals surface area contributed by atoms with Crippen LogP contribution in [-0.2, 0) is 11.2 Å². The summed E-state index contributed by atoms with van der Waals surface area (Å²) in [7, 11) is 1.78. The second-order valence-corrected chi connectivity index (χ2v) is 4.75. The number of pyridine rings is 1. The van der Waals surface area contributed by atoms with Gasteiger partial charge in [0.2, 0.25) is 5.91 Å². The van der Waals surface area contributed by atoms with Crippen molar-refractivity contribution in [3.63, 3.8) is 0 Å². The van der Waals surface area contributed by atoms with Crippen molar-refractivity contribution in [3.8, 4) is 0 Å². The van der Waals surface area contributed by atoms with Gasteiger partial charge in [-0.25, -0.2) is 4.99 Å². The number of guanidine groups is 1. The SMILES string of the molecule is C=CCNC(=NCC(=O)N(C)CCc1ccccn1)NCC. The molecule has 0 unspecified atom stereocenters. The molecule has 120 valence electrons. The monoisotopic (exact) mass is 303 g/mol. The summed E-state index contributed by atoms with van der Waals surface area (Å²) in [5.74, 6) is 0.598. The zero-order valence-electron chi connectivity index (χ0n) is 13.4. The zero-order valence-corrected chi connectivity index (χ0v) is 13.4. The summed E-state index contributed by atoms with van der Waals surface area (Å²) < 4.78 is 0. The number of rotatable bonds is 8. The van der Waals surface area contributed by atoms with E-state index in [1.165, 1.54) is 0 Å². The molecule has 0 aromatic carbocycles. The molecular formula is C16H25N5O. The highest BCUT2D eigenvalue weighted by Gasteiger charge is 2.08. The lowest BCUT2D eigenvalue weighted by atomic mass is 10.2. The number of nitrogens with zero attached hydrogens (tertiary/aromatic N) is 3. The van der Waals surface area contributed by atoms with Gasteiger partial charge in [-0.15, -0.1) is 6.58 Å². The van der Waals surface area contributed by atoms with E-state index >= 15 is 0 Å². The maximum absolute atomic E-state index is 12.1. The number of carbonyl (C=O) groups is 1. The van der Waals surface area contributed by atoms with Gasteiger partial charge in [-0.05, 0) is 19.1 Å². The maximum atomic E-state index is 12.1. The van der Waals surface area contributed by atoms with Crippen LogP contribution in [0.2, 0.25) is 0 Å². The molecule has 22 heavy (non-hydrogen) atoms. The Morgan fingerprint density at radius 2 is 2.27 bits per heavy atom. The fraction of sp³-hybridized carbons (Fsp3) is 0.438. The smallest absolute Gasteiger partial charge is 0.244 e. The Hall–Kier alpha value is -2.37. The molecule has 1 heterocycles. The fourth-order valence-corrected chi connectivity index (χ4v) is 1.73. The van der Waals surface area contributed by atoms with Crippen LogP contribution in [0.3, 0.4) is 0 Å². The molecule has 0 bridgehead atoms. The fourth-order valence-electron chi connectivity index (χ4n) is 1.73. The maximum Gasteiger partial charge on any atom is 0.244 e. The number of carbonyl (C=O) groups excluding carboxylic acids is 1. The predicted molar refractivity (Wildman–Crippen MR) is 89.8 cm³/mol. The van der Waals surface area contributed by atoms with Crippen molar-refractivity contribution in [3.05, 3.63) is 42.7 Å². The second-order valence-electron chi connectivity index (χ2n) is 4.75. The van der Waals surface area contributed by atoms with Crippen LogP contribution >= 0.6 is 0 Å². The molecule has 6 nitrogen and oxygen atoms in total. The van der Waals surface area contributed by atoms with E-state index in [1.54, 1.807) is 24.2 Å². The van der Waals surface area contributed by atoms with Gasteiger partial charge in [0, 0.05) is 45.0 Å². The number of likely N-dealkylation sites (N-methyl/N-ethyl adjacent to an activating group) is 1. The standard InChI is InChI=1S/C16H25N5O/c1-4-10-19-16(17-5-2)20-13-15(22)21(3)12-9-14-8-6-7-11-18-14/h4,6-8,11H,1,5,9-10,12-13H2,2-3H3,(H2,17,19,20). The van der Waals surface area contributed by atoms with E-state index in [9.17, 15) is 4.79 Å². The van der Waals surface area contributed by atoms with Crippen LogP contribution in [0, 0.1) is 0 Å². The molecule has 0 radical (unpaired) electrons. The molecule has 1 aromatic heterocycles. The summed E-state index contributed by atoms with van der Waals surface area (Å²) in [6.45, 7) is 7.71. The number of amides is 1. The van der Waals surface area contributed by atoms with Crippen LogP contribution in [0.1, 0.15) is 12.6 Å². The second kappa shape index (κ2) is 10.4. The lowest BCUT2D eigenvalue weighted by Crippen LogP contribution is -2.39. The highest BCUT2D eigenvalue weighted by molar-refractivity contribution is 5.84. The van der Waals surface area contributed by atoms with Crippen LogP contribution < -0.4 is 10.6 Å². The molecule has 6 heteroatoms. The van der Waals surface area contributed by atoms with Crippen LogP contribution in [0.4, 0.5) is 0 Å². The summed E-state index contributed by atoms with van der Waals surface area (Å²) in [5, 5.41) is 6.14. The van der Waals surface area contributed by atoms with Gasteiger partial charge in [0.15, 0.2) is 5.96 Å². The van der Waals surface area contributed by atoms with E-state index < -0.39 is 0 Å². The molecule has 1 rings (SSSR count). The first kappa shape index (κ1) is 17.7. The van der Waals surface area contributed by atoms with Crippen LogP contribution in [0.5, 0.6) is 0 Å². The minimum absolute atomic E-state index is 0.0215. The van der Waals surface area contributed by atoms with Crippen molar-refractivity contribution in [2.24, 2.45) is 4.99 Å². The number of aliphatic imine (C=N–C) groups is 1. The number of hydrogen-bond donors (Lipinski definition) is 2. The quantitative estimate of drug-likeness (QED) is 0.424. The Labute approximate surface area is 132 Å². The summed E-state index contributed by atoms with van der Waals surface area (Å²) in [6, 6.07) is 5.78. The first-order chi connectivity index (χ1) is 10.7. The van der Waals surface area contributed by atoms with Crippen LogP contribution in [0.15, 0.2) is 42.0 Å². The number of nitrogens with one attached hydrogen (secondary N) is 2. The predicted octanol–water partition coefficient (Wildman–Crippen LogP) is 0.824. The Morgan fingerprint density at radius 1 is 1.45 bits per heavy atom. The Kier molecular flexibility index (Phi) is 8.33. The Morgan fingerprint density at radius 3 is 2.91 bits per heavy atom. The van der Waals surface area contributed by atoms with Gasteiger partial charge in [0.25, 0.3) is 0 Å². The number of aromatic nitrogens is 1. The zero-order chi connectivity index (χ0) is 16.2. The third kappa shape index (κ3) is 6.88. The molecule has 1 amide bonds. The molecule has 0 saturated heterocycles. The van der Waals surface area contributed by atoms with Gasteiger partial charge in [0.05, 0.1) is 0 Å². The van der Waals surface area contributed by atoms with Gasteiger partial charge in [0.1, 0.15) is 6.54 Å². The van der Waals surface area contributed by atoms with E-state index in [1.807, 2.05) is 25.1 Å². The van der Waals surface area contributed by atoms with Gasteiger partial charge < -0.3 is 15.5 Å². The average Bonchev–Trinajstić information content (AvgIpc) is 2.55. The molecule has 1 aromatic rings. The van der Waals surface area contributed by atoms with Gasteiger partial charge in [-0.1, -0.05) is 12.1 Å². The minimum Gasteiger partial charge on any atom is -0.357 e. The molecule has 0 spiro atoms. The summed E-state index contributed by atoms with van der Waals surface area (Å²) >= 11 is 0. The van der Waals surface area contributed by atoms with E-state index in [-0.39, 0.29) is 12.5 Å². The van der Waals surface area contributed by atoms with Crippen molar-refractivity contribution in [1.29, 1.82) is 0 Å². The van der Waals surface area contributed by atoms with Gasteiger partial charge >= 0.3 is 0 Å². The molecule has 2 N–H and O–H groups in total. The van der Waals surface area contributed by atoms with E-state index in [0.717, 1.165) is 18.7 Å². The molecule has 0 atom stereocenters. The molecule has 0 saturated carbocycles. The van der Waals surface area contributed by atoms with Crippen molar-refractivity contribution >= 4 is 11.9 Å². The summed E-state index contributed by atoms with van der Waals surface area (Å²) in [5.41, 5.74) is 0.978. The molecule has 0 aliphatic heterocycles. The Balaban J connectivity index is 2.43. The third-order valence-corrected chi connectivity index (χ3v) is 2.99. The van der Waals surface area contributed by atoms with Crippen LogP contribution in [0.25, 0.3) is 0 Å². The Bertz CT molecular complexity index is 487. The minimum atomic E-state index is -0.0215. The van der Waals surface area contributed by atoms with Gasteiger partial charge in [-0.2, -0.15) is 0 Å². The average molecular weight is 303 g/mol. The molecule has 0 fully saturated rings. The first-order valence-electron chi connectivity index (χ1n) is 7.44. The van der Waals surface area contributed by atoms with E-state index in [2.05, 4.69) is 27.2 Å². The van der Waals surface area contributed by atoms with Crippen molar-refractivity contribution in [2.45, 2.75) is 13.3 Å². The first-order valence-corrected chi connectivity index (χ1v) is 7.44. The largest absolute Gasteiger partial charge is 0.357 e. The third-order valence-electron chi connectivity index (χ3n) is 2.99. The highest BCUT2D eigenvalue weighted by Crippen LogP contribution is 1.97. The van der Waals surface area contributed by atoms with Crippen LogP contribution in [-0.4, -0.2) is 55.0 Å². The van der Waals surface area contributed by atoms with Crippen molar-refractivity contribution in [1.82, 2.24) is 20.5 Å². The van der Waals surface area contributed by atoms with Crippen molar-refractivity contribution < 1.29 is 4.79 Å². The normalized spacial score (nSPS) is 10.9. The highest BCUT2D eigenvalue weighted by atomic mass is 16.2. The lowest BCUT2D eigenvalue weighted by molar-refractivity contribution is -0.128. The summed E-state index contributed by atoms with van der Waals surface area (Å²) in [6.07, 6.45) is 4.24. The van der Waals surface area contributed by atoms with E-state index in [4.69, 9.17) is 0 Å².